The third kappa shape index (κ3) is 6.02. The van der Waals surface area contributed by atoms with E-state index in [2.05, 4.69) is 9.64 Å². The van der Waals surface area contributed by atoms with Crippen molar-refractivity contribution in [3.63, 3.8) is 0 Å². The summed E-state index contributed by atoms with van der Waals surface area (Å²) < 4.78 is 39.6. The zero-order valence-electron chi connectivity index (χ0n) is 10.9. The summed E-state index contributed by atoms with van der Waals surface area (Å²) in [6.45, 7) is 2.91. The van der Waals surface area contributed by atoms with Gasteiger partial charge in [0.1, 0.15) is 0 Å². The van der Waals surface area contributed by atoms with Gasteiger partial charge in [-0.1, -0.05) is 6.92 Å². The Morgan fingerprint density at radius 3 is 2.28 bits per heavy atom. The van der Waals surface area contributed by atoms with Crippen LogP contribution < -0.4 is 5.73 Å². The highest BCUT2D eigenvalue weighted by Crippen LogP contribution is 2.23. The van der Waals surface area contributed by atoms with Gasteiger partial charge in [-0.3, -0.25) is 9.64 Å². The number of nitrogens with zero attached hydrogens (tertiary/aromatic N) is 1. The van der Waals surface area contributed by atoms with Crippen LogP contribution in [-0.2, 0) is 4.74 Å². The molecule has 0 aromatic heterocycles. The number of hydrogen-bond acceptors (Lipinski definition) is 3. The smallest absolute Gasteiger partial charge is 0.328 e. The number of nitrogens with two attached hydrogens (primary N) is 1. The van der Waals surface area contributed by atoms with Gasteiger partial charge >= 0.3 is 6.36 Å². The first-order chi connectivity index (χ1) is 8.42. The van der Waals surface area contributed by atoms with Crippen LogP contribution in [-0.4, -0.2) is 43.0 Å². The normalized spacial score (nSPS) is 25.7. The van der Waals surface area contributed by atoms with Gasteiger partial charge in [-0.25, -0.2) is 0 Å². The second kappa shape index (κ2) is 7.31. The number of ether oxygens (including phenoxy) is 1. The van der Waals surface area contributed by atoms with E-state index >= 15 is 0 Å². The first-order valence-electron chi connectivity index (χ1n) is 6.62. The van der Waals surface area contributed by atoms with E-state index in [1.54, 1.807) is 0 Å². The van der Waals surface area contributed by atoms with Crippen molar-refractivity contribution < 1.29 is 17.9 Å². The highest BCUT2D eigenvalue weighted by atomic mass is 19.4. The predicted octanol–water partition coefficient (Wildman–Crippen LogP) is 2.50. The number of halogens is 3. The van der Waals surface area contributed by atoms with E-state index in [-0.39, 0.29) is 12.6 Å². The quantitative estimate of drug-likeness (QED) is 0.804. The van der Waals surface area contributed by atoms with E-state index in [1.165, 1.54) is 0 Å². The molecule has 1 saturated carbocycles. The Morgan fingerprint density at radius 1 is 1.17 bits per heavy atom. The van der Waals surface area contributed by atoms with Crippen molar-refractivity contribution in [2.24, 2.45) is 5.73 Å². The molecule has 0 atom stereocenters. The van der Waals surface area contributed by atoms with Crippen molar-refractivity contribution >= 4 is 0 Å². The van der Waals surface area contributed by atoms with Crippen molar-refractivity contribution in [1.29, 1.82) is 0 Å². The Labute approximate surface area is 106 Å². The van der Waals surface area contributed by atoms with Crippen LogP contribution in [0.15, 0.2) is 0 Å². The summed E-state index contributed by atoms with van der Waals surface area (Å²) in [7, 11) is 0. The van der Waals surface area contributed by atoms with Crippen LogP contribution in [0.25, 0.3) is 0 Å². The van der Waals surface area contributed by atoms with Gasteiger partial charge in [-0.05, 0) is 38.6 Å². The fourth-order valence-corrected chi connectivity index (χ4v) is 2.51. The fourth-order valence-electron chi connectivity index (χ4n) is 2.51. The molecule has 3 nitrogen and oxygen atoms in total. The summed E-state index contributed by atoms with van der Waals surface area (Å²) >= 11 is 0. The molecule has 1 aliphatic rings. The first-order valence-corrected chi connectivity index (χ1v) is 6.62. The van der Waals surface area contributed by atoms with Gasteiger partial charge in [-0.2, -0.15) is 0 Å². The predicted molar refractivity (Wildman–Crippen MR) is 64.1 cm³/mol. The average molecular weight is 268 g/mol. The fraction of sp³-hybridized carbons (Fsp3) is 1.00. The average Bonchev–Trinajstić information content (AvgIpc) is 2.27. The third-order valence-corrected chi connectivity index (χ3v) is 3.41. The second-order valence-corrected chi connectivity index (χ2v) is 4.90. The maximum Gasteiger partial charge on any atom is 0.522 e. The zero-order chi connectivity index (χ0) is 13.6. The molecule has 0 bridgehead atoms. The number of rotatable bonds is 6. The molecule has 0 aliphatic heterocycles. The van der Waals surface area contributed by atoms with Crippen molar-refractivity contribution in [2.75, 3.05) is 19.7 Å². The summed E-state index contributed by atoms with van der Waals surface area (Å²) in [5.74, 6) is 0. The van der Waals surface area contributed by atoms with Crippen LogP contribution in [0.1, 0.15) is 39.0 Å². The van der Waals surface area contributed by atoms with E-state index in [0.29, 0.717) is 12.6 Å². The highest BCUT2D eigenvalue weighted by Gasteiger charge is 2.30. The largest absolute Gasteiger partial charge is 0.522 e. The van der Waals surface area contributed by atoms with Gasteiger partial charge in [0.25, 0.3) is 0 Å². The van der Waals surface area contributed by atoms with Crippen LogP contribution in [0.4, 0.5) is 13.2 Å². The monoisotopic (exact) mass is 268 g/mol. The SMILES string of the molecule is CCCN(CCOC(F)(F)F)C1CCC(N)CC1. The molecule has 0 amide bonds. The molecule has 0 radical (unpaired) electrons. The van der Waals surface area contributed by atoms with E-state index in [4.69, 9.17) is 5.73 Å². The molecule has 2 N–H and O–H groups in total. The molecule has 108 valence electrons. The maximum absolute atomic E-state index is 11.9. The lowest BCUT2D eigenvalue weighted by Crippen LogP contribution is -2.43. The minimum absolute atomic E-state index is 0.260. The molecule has 0 unspecified atom stereocenters. The van der Waals surface area contributed by atoms with Gasteiger partial charge < -0.3 is 5.73 Å². The molecule has 0 aromatic rings. The van der Waals surface area contributed by atoms with Crippen LogP contribution in [0.3, 0.4) is 0 Å². The van der Waals surface area contributed by atoms with E-state index < -0.39 is 6.36 Å². The lowest BCUT2D eigenvalue weighted by molar-refractivity contribution is -0.325. The lowest BCUT2D eigenvalue weighted by Gasteiger charge is -2.36. The zero-order valence-corrected chi connectivity index (χ0v) is 10.9. The summed E-state index contributed by atoms with van der Waals surface area (Å²) in [5, 5.41) is 0. The molecule has 0 aromatic carbocycles. The molecule has 0 heterocycles. The minimum Gasteiger partial charge on any atom is -0.328 e. The van der Waals surface area contributed by atoms with Crippen LogP contribution in [0, 0.1) is 0 Å². The van der Waals surface area contributed by atoms with Crippen molar-refractivity contribution in [2.45, 2.75) is 57.5 Å². The van der Waals surface area contributed by atoms with Crippen LogP contribution in [0.5, 0.6) is 0 Å². The summed E-state index contributed by atoms with van der Waals surface area (Å²) in [5.41, 5.74) is 5.84. The molecule has 0 saturated heterocycles. The molecule has 18 heavy (non-hydrogen) atoms. The molecule has 1 aliphatic carbocycles. The standard InChI is InChI=1S/C12H23F3N2O/c1-2-7-17(8-9-18-12(13,14)15)11-5-3-10(16)4-6-11/h10-11H,2-9,16H2,1H3. The van der Waals surface area contributed by atoms with Crippen LogP contribution in [0.2, 0.25) is 0 Å². The minimum atomic E-state index is -4.52. The van der Waals surface area contributed by atoms with Gasteiger partial charge in [-0.15, -0.1) is 13.2 Å². The van der Waals surface area contributed by atoms with Crippen LogP contribution >= 0.6 is 0 Å². The summed E-state index contributed by atoms with van der Waals surface area (Å²) in [6, 6.07) is 0.623. The second-order valence-electron chi connectivity index (χ2n) is 4.90. The highest BCUT2D eigenvalue weighted by molar-refractivity contribution is 4.81. The van der Waals surface area contributed by atoms with Crippen molar-refractivity contribution in [3.8, 4) is 0 Å². The van der Waals surface area contributed by atoms with Crippen molar-refractivity contribution in [3.05, 3.63) is 0 Å². The lowest BCUT2D eigenvalue weighted by atomic mass is 9.90. The van der Waals surface area contributed by atoms with Crippen molar-refractivity contribution in [1.82, 2.24) is 4.90 Å². The number of alkyl halides is 3. The molecular formula is C12H23F3N2O. The molecular weight excluding hydrogens is 245 g/mol. The van der Waals surface area contributed by atoms with E-state index in [9.17, 15) is 13.2 Å². The molecule has 1 rings (SSSR count). The van der Waals surface area contributed by atoms with Gasteiger partial charge in [0.05, 0.1) is 6.61 Å². The topological polar surface area (TPSA) is 38.5 Å². The first kappa shape index (κ1) is 15.7. The molecule has 0 spiro atoms. The number of hydrogen-bond donors (Lipinski definition) is 1. The van der Waals surface area contributed by atoms with Gasteiger partial charge in [0.2, 0.25) is 0 Å². The Hall–Kier alpha value is -0.330. The van der Waals surface area contributed by atoms with Gasteiger partial charge in [0.15, 0.2) is 0 Å². The molecule has 6 heteroatoms. The van der Waals surface area contributed by atoms with Gasteiger partial charge in [0, 0.05) is 18.6 Å². The Kier molecular flexibility index (Phi) is 6.38. The Bertz CT molecular complexity index is 228. The van der Waals surface area contributed by atoms with E-state index in [0.717, 1.165) is 38.6 Å². The summed E-state index contributed by atoms with van der Waals surface area (Å²) in [6.07, 6.45) is 0.303. The van der Waals surface area contributed by atoms with E-state index in [1.807, 2.05) is 6.92 Å². The third-order valence-electron chi connectivity index (χ3n) is 3.41. The summed E-state index contributed by atoms with van der Waals surface area (Å²) in [4.78, 5) is 2.11. The Morgan fingerprint density at radius 2 is 1.78 bits per heavy atom. The molecule has 1 fully saturated rings. The maximum atomic E-state index is 11.9. The Balaban J connectivity index is 2.34.